The monoisotopic (exact) mass is 413 g/mol. The second kappa shape index (κ2) is 10.9. The first-order valence-electron chi connectivity index (χ1n) is 10.8. The number of rotatable bonds is 10. The van der Waals surface area contributed by atoms with Crippen LogP contribution in [-0.2, 0) is 11.3 Å². The zero-order valence-corrected chi connectivity index (χ0v) is 19.1. The van der Waals surface area contributed by atoms with E-state index < -0.39 is 0 Å². The maximum atomic E-state index is 13.2. The molecular formula is C24H35N3O3. The van der Waals surface area contributed by atoms with Crippen LogP contribution >= 0.6 is 0 Å². The second-order valence-corrected chi connectivity index (χ2v) is 7.91. The lowest BCUT2D eigenvalue weighted by atomic mass is 9.99. The first kappa shape index (κ1) is 23.5. The molecule has 1 atom stereocenters. The van der Waals surface area contributed by atoms with Crippen LogP contribution in [-0.4, -0.2) is 36.9 Å². The molecule has 164 valence electrons. The highest BCUT2D eigenvalue weighted by Crippen LogP contribution is 2.27. The predicted molar refractivity (Wildman–Crippen MR) is 122 cm³/mol. The minimum absolute atomic E-state index is 0.0312. The molecule has 0 unspecified atom stereocenters. The Balaban J connectivity index is 2.35. The fraction of sp³-hybridized carbons (Fsp3) is 0.500. The van der Waals surface area contributed by atoms with Gasteiger partial charge in [0.2, 0.25) is 5.91 Å². The Morgan fingerprint density at radius 1 is 1.07 bits per heavy atom. The molecule has 2 amide bonds. The molecule has 0 radical (unpaired) electrons. The van der Waals surface area contributed by atoms with E-state index in [0.29, 0.717) is 12.2 Å². The molecule has 0 saturated heterocycles. The van der Waals surface area contributed by atoms with Crippen LogP contribution in [0.4, 0.5) is 11.4 Å². The first-order valence-corrected chi connectivity index (χ1v) is 10.8. The number of benzene rings is 1. The van der Waals surface area contributed by atoms with Crippen molar-refractivity contribution in [2.24, 2.45) is 5.92 Å². The van der Waals surface area contributed by atoms with Gasteiger partial charge in [0.1, 0.15) is 0 Å². The summed E-state index contributed by atoms with van der Waals surface area (Å²) in [7, 11) is 3.96. The standard InChI is InChI=1S/C24H35N3O3/c1-7-17(4)27(24(29)18(8-2)9-3)16-19-15-20(12-13-21(19)26(5)6)25-23(28)22-11-10-14-30-22/h10-15,17-18H,7-9,16H2,1-6H3,(H,25,28)/t17-/m1/s1. The highest BCUT2D eigenvalue weighted by atomic mass is 16.3. The lowest BCUT2D eigenvalue weighted by Gasteiger charge is -2.33. The van der Waals surface area contributed by atoms with Crippen LogP contribution in [0.3, 0.4) is 0 Å². The highest BCUT2D eigenvalue weighted by Gasteiger charge is 2.26. The third-order valence-corrected chi connectivity index (χ3v) is 5.65. The van der Waals surface area contributed by atoms with E-state index >= 15 is 0 Å². The number of carbonyl (C=O) groups is 2. The van der Waals surface area contributed by atoms with E-state index in [0.717, 1.165) is 30.5 Å². The molecule has 1 aromatic carbocycles. The van der Waals surface area contributed by atoms with Crippen molar-refractivity contribution in [3.05, 3.63) is 47.9 Å². The van der Waals surface area contributed by atoms with Crippen LogP contribution in [0.25, 0.3) is 0 Å². The van der Waals surface area contributed by atoms with E-state index in [1.54, 1.807) is 12.1 Å². The van der Waals surface area contributed by atoms with Crippen molar-refractivity contribution in [3.8, 4) is 0 Å². The summed E-state index contributed by atoms with van der Waals surface area (Å²) >= 11 is 0. The van der Waals surface area contributed by atoms with E-state index in [9.17, 15) is 9.59 Å². The topological polar surface area (TPSA) is 65.8 Å². The van der Waals surface area contributed by atoms with Crippen LogP contribution < -0.4 is 10.2 Å². The van der Waals surface area contributed by atoms with Crippen LogP contribution in [0, 0.1) is 5.92 Å². The minimum atomic E-state index is -0.296. The lowest BCUT2D eigenvalue weighted by Crippen LogP contribution is -2.41. The maximum absolute atomic E-state index is 13.2. The normalized spacial score (nSPS) is 12.0. The maximum Gasteiger partial charge on any atom is 0.291 e. The van der Waals surface area contributed by atoms with Gasteiger partial charge in [-0.1, -0.05) is 20.8 Å². The van der Waals surface area contributed by atoms with Gasteiger partial charge < -0.3 is 19.5 Å². The predicted octanol–water partition coefficient (Wildman–Crippen LogP) is 5.16. The third-order valence-electron chi connectivity index (χ3n) is 5.65. The quantitative estimate of drug-likeness (QED) is 0.584. The zero-order chi connectivity index (χ0) is 22.3. The van der Waals surface area contributed by atoms with Gasteiger partial charge in [-0.15, -0.1) is 0 Å². The average molecular weight is 414 g/mol. The molecule has 0 aliphatic heterocycles. The molecule has 0 spiro atoms. The number of carbonyl (C=O) groups excluding carboxylic acids is 2. The largest absolute Gasteiger partial charge is 0.459 e. The van der Waals surface area contributed by atoms with Crippen molar-refractivity contribution < 1.29 is 14.0 Å². The molecule has 0 bridgehead atoms. The minimum Gasteiger partial charge on any atom is -0.459 e. The fourth-order valence-corrected chi connectivity index (χ4v) is 3.55. The van der Waals surface area contributed by atoms with Crippen LogP contribution in [0.1, 0.15) is 63.1 Å². The molecule has 1 heterocycles. The van der Waals surface area contributed by atoms with Crippen molar-refractivity contribution in [2.45, 2.75) is 59.5 Å². The number of hydrogen-bond acceptors (Lipinski definition) is 4. The van der Waals surface area contributed by atoms with Gasteiger partial charge >= 0.3 is 0 Å². The Labute approximate surface area is 180 Å². The Morgan fingerprint density at radius 3 is 2.30 bits per heavy atom. The average Bonchev–Trinajstić information content (AvgIpc) is 3.27. The van der Waals surface area contributed by atoms with E-state index in [1.165, 1.54) is 6.26 Å². The molecule has 0 aliphatic carbocycles. The SMILES string of the molecule is CCC(CC)C(=O)N(Cc1cc(NC(=O)c2ccco2)ccc1N(C)C)[C@H](C)CC. The summed E-state index contributed by atoms with van der Waals surface area (Å²) in [5, 5.41) is 2.89. The Kier molecular flexibility index (Phi) is 8.51. The molecule has 2 rings (SSSR count). The number of nitrogens with one attached hydrogen (secondary N) is 1. The van der Waals surface area contributed by atoms with Crippen molar-refractivity contribution in [3.63, 3.8) is 0 Å². The van der Waals surface area contributed by atoms with Gasteiger partial charge in [0.25, 0.3) is 5.91 Å². The first-order chi connectivity index (χ1) is 14.3. The summed E-state index contributed by atoms with van der Waals surface area (Å²) in [6, 6.07) is 9.24. The summed E-state index contributed by atoms with van der Waals surface area (Å²) < 4.78 is 5.18. The molecule has 6 heteroatoms. The number of furan rings is 1. The molecule has 2 aromatic rings. The number of amides is 2. The number of hydrogen-bond donors (Lipinski definition) is 1. The van der Waals surface area contributed by atoms with Crippen molar-refractivity contribution in [2.75, 3.05) is 24.3 Å². The molecule has 0 saturated carbocycles. The number of anilines is 2. The van der Waals surface area contributed by atoms with E-state index in [-0.39, 0.29) is 29.5 Å². The van der Waals surface area contributed by atoms with Gasteiger partial charge in [-0.25, -0.2) is 0 Å². The summed E-state index contributed by atoms with van der Waals surface area (Å²) in [6.07, 6.45) is 4.03. The summed E-state index contributed by atoms with van der Waals surface area (Å²) in [4.78, 5) is 29.6. The summed E-state index contributed by atoms with van der Waals surface area (Å²) in [6.45, 7) is 8.83. The smallest absolute Gasteiger partial charge is 0.291 e. The lowest BCUT2D eigenvalue weighted by molar-refractivity contribution is -0.138. The Hall–Kier alpha value is -2.76. The molecule has 1 aromatic heterocycles. The highest BCUT2D eigenvalue weighted by molar-refractivity contribution is 6.02. The van der Waals surface area contributed by atoms with Crippen LogP contribution in [0.15, 0.2) is 41.0 Å². The number of nitrogens with zero attached hydrogens (tertiary/aromatic N) is 2. The van der Waals surface area contributed by atoms with Crippen molar-refractivity contribution in [1.82, 2.24) is 4.90 Å². The molecule has 0 fully saturated rings. The summed E-state index contributed by atoms with van der Waals surface area (Å²) in [5.74, 6) is 0.196. The van der Waals surface area contributed by atoms with Gasteiger partial charge in [-0.2, -0.15) is 0 Å². The molecule has 6 nitrogen and oxygen atoms in total. The van der Waals surface area contributed by atoms with E-state index in [4.69, 9.17) is 4.42 Å². The van der Waals surface area contributed by atoms with Crippen molar-refractivity contribution >= 4 is 23.2 Å². The third kappa shape index (κ3) is 5.65. The van der Waals surface area contributed by atoms with Gasteiger partial charge in [-0.3, -0.25) is 9.59 Å². The van der Waals surface area contributed by atoms with E-state index in [2.05, 4.69) is 33.0 Å². The zero-order valence-electron chi connectivity index (χ0n) is 19.1. The Morgan fingerprint density at radius 2 is 1.77 bits per heavy atom. The Bertz CT molecular complexity index is 826. The van der Waals surface area contributed by atoms with Crippen LogP contribution in [0.5, 0.6) is 0 Å². The van der Waals surface area contributed by atoms with Gasteiger partial charge in [0, 0.05) is 44.0 Å². The fourth-order valence-electron chi connectivity index (χ4n) is 3.55. The van der Waals surface area contributed by atoms with E-state index in [1.807, 2.05) is 42.1 Å². The van der Waals surface area contributed by atoms with Gasteiger partial charge in [-0.05, 0) is 62.1 Å². The van der Waals surface area contributed by atoms with Crippen molar-refractivity contribution in [1.29, 1.82) is 0 Å². The summed E-state index contributed by atoms with van der Waals surface area (Å²) in [5.41, 5.74) is 2.70. The van der Waals surface area contributed by atoms with Gasteiger partial charge in [0.15, 0.2) is 5.76 Å². The molecule has 1 N–H and O–H groups in total. The molecular weight excluding hydrogens is 378 g/mol. The van der Waals surface area contributed by atoms with Crippen LogP contribution in [0.2, 0.25) is 0 Å². The van der Waals surface area contributed by atoms with Gasteiger partial charge in [0.05, 0.1) is 6.26 Å². The molecule has 0 aliphatic rings. The second-order valence-electron chi connectivity index (χ2n) is 7.91. The molecule has 30 heavy (non-hydrogen) atoms.